The summed E-state index contributed by atoms with van der Waals surface area (Å²) >= 11 is 0. The molecule has 0 amide bonds. The highest BCUT2D eigenvalue weighted by molar-refractivity contribution is 5.02. The molecule has 1 saturated carbocycles. The van der Waals surface area contributed by atoms with Gasteiger partial charge in [-0.3, -0.25) is 16.0 Å². The van der Waals surface area contributed by atoms with E-state index >= 15 is 0 Å². The standard InChI is InChI=1S/C15H28N4O/c1-2-10-20-12-14(17-16)11-13-8-9-19(18-13)15-6-4-3-5-7-15/h8-9,14-15,17H,2-7,10-12,16H2,1H3. The van der Waals surface area contributed by atoms with E-state index in [1.54, 1.807) is 0 Å². The van der Waals surface area contributed by atoms with Gasteiger partial charge in [-0.2, -0.15) is 5.10 Å². The molecule has 1 heterocycles. The van der Waals surface area contributed by atoms with Crippen LogP contribution in [0.3, 0.4) is 0 Å². The number of nitrogens with two attached hydrogens (primary N) is 1. The fourth-order valence-electron chi connectivity index (χ4n) is 2.82. The average molecular weight is 280 g/mol. The molecule has 1 aliphatic rings. The van der Waals surface area contributed by atoms with Crippen molar-refractivity contribution in [2.75, 3.05) is 13.2 Å². The van der Waals surface area contributed by atoms with E-state index in [1.165, 1.54) is 32.1 Å². The van der Waals surface area contributed by atoms with Gasteiger partial charge in [0.05, 0.1) is 24.4 Å². The van der Waals surface area contributed by atoms with Crippen LogP contribution < -0.4 is 11.3 Å². The van der Waals surface area contributed by atoms with Crippen LogP contribution in [0.5, 0.6) is 0 Å². The van der Waals surface area contributed by atoms with E-state index in [-0.39, 0.29) is 6.04 Å². The minimum absolute atomic E-state index is 0.135. The molecule has 1 unspecified atom stereocenters. The first kappa shape index (κ1) is 15.5. The Hall–Kier alpha value is -0.910. The minimum Gasteiger partial charge on any atom is -0.380 e. The molecule has 3 N–H and O–H groups in total. The fraction of sp³-hybridized carbons (Fsp3) is 0.800. The van der Waals surface area contributed by atoms with Gasteiger partial charge in [0.15, 0.2) is 0 Å². The minimum atomic E-state index is 0.135. The zero-order valence-corrected chi connectivity index (χ0v) is 12.6. The zero-order chi connectivity index (χ0) is 14.2. The first-order chi connectivity index (χ1) is 9.83. The van der Waals surface area contributed by atoms with Crippen LogP contribution in [0.1, 0.15) is 57.2 Å². The molecule has 0 radical (unpaired) electrons. The van der Waals surface area contributed by atoms with Crippen molar-refractivity contribution in [2.45, 2.75) is 64.0 Å². The maximum atomic E-state index is 5.59. The number of ether oxygens (including phenoxy) is 1. The molecule has 2 rings (SSSR count). The predicted molar refractivity (Wildman–Crippen MR) is 80.3 cm³/mol. The molecular weight excluding hydrogens is 252 g/mol. The maximum absolute atomic E-state index is 5.59. The lowest BCUT2D eigenvalue weighted by Crippen LogP contribution is -2.40. The van der Waals surface area contributed by atoms with Crippen molar-refractivity contribution in [1.82, 2.24) is 15.2 Å². The van der Waals surface area contributed by atoms with E-state index in [4.69, 9.17) is 15.7 Å². The molecule has 1 aromatic rings. The summed E-state index contributed by atoms with van der Waals surface area (Å²) in [7, 11) is 0. The van der Waals surface area contributed by atoms with Gasteiger partial charge >= 0.3 is 0 Å². The zero-order valence-electron chi connectivity index (χ0n) is 12.6. The van der Waals surface area contributed by atoms with Gasteiger partial charge in [-0.15, -0.1) is 0 Å². The van der Waals surface area contributed by atoms with E-state index in [1.807, 2.05) is 0 Å². The second-order valence-corrected chi connectivity index (χ2v) is 5.72. The molecule has 20 heavy (non-hydrogen) atoms. The lowest BCUT2D eigenvalue weighted by Gasteiger charge is -2.22. The van der Waals surface area contributed by atoms with Gasteiger partial charge < -0.3 is 4.74 Å². The van der Waals surface area contributed by atoms with Gasteiger partial charge in [0.1, 0.15) is 0 Å². The number of aromatic nitrogens is 2. The summed E-state index contributed by atoms with van der Waals surface area (Å²) in [5.74, 6) is 5.59. The van der Waals surface area contributed by atoms with Crippen LogP contribution in [0.15, 0.2) is 12.3 Å². The summed E-state index contributed by atoms with van der Waals surface area (Å²) in [6.07, 6.45) is 10.5. The predicted octanol–water partition coefficient (Wildman–Crippen LogP) is 2.19. The Balaban J connectivity index is 1.84. The van der Waals surface area contributed by atoms with Gasteiger partial charge in [-0.25, -0.2) is 0 Å². The molecule has 1 fully saturated rings. The number of rotatable bonds is 8. The smallest absolute Gasteiger partial charge is 0.0641 e. The third-order valence-corrected chi connectivity index (χ3v) is 3.97. The average Bonchev–Trinajstić information content (AvgIpc) is 2.96. The second-order valence-electron chi connectivity index (χ2n) is 5.72. The lowest BCUT2D eigenvalue weighted by atomic mass is 9.96. The monoisotopic (exact) mass is 280 g/mol. The molecule has 0 aromatic carbocycles. The molecule has 1 aliphatic carbocycles. The summed E-state index contributed by atoms with van der Waals surface area (Å²) in [5.41, 5.74) is 3.92. The van der Waals surface area contributed by atoms with Crippen molar-refractivity contribution in [3.63, 3.8) is 0 Å². The van der Waals surface area contributed by atoms with E-state index < -0.39 is 0 Å². The topological polar surface area (TPSA) is 65.1 Å². The maximum Gasteiger partial charge on any atom is 0.0641 e. The SMILES string of the molecule is CCCOCC(Cc1ccn(C2CCCCC2)n1)NN. The van der Waals surface area contributed by atoms with Crippen LogP contribution in [-0.2, 0) is 11.2 Å². The Kier molecular flexibility index (Phi) is 6.50. The van der Waals surface area contributed by atoms with Crippen LogP contribution >= 0.6 is 0 Å². The van der Waals surface area contributed by atoms with Gasteiger partial charge in [-0.1, -0.05) is 26.2 Å². The van der Waals surface area contributed by atoms with Gasteiger partial charge in [0.2, 0.25) is 0 Å². The fourth-order valence-corrected chi connectivity index (χ4v) is 2.82. The third-order valence-electron chi connectivity index (χ3n) is 3.97. The van der Waals surface area contributed by atoms with E-state index in [0.717, 1.165) is 25.1 Å². The highest BCUT2D eigenvalue weighted by atomic mass is 16.5. The van der Waals surface area contributed by atoms with E-state index in [0.29, 0.717) is 12.6 Å². The molecule has 0 spiro atoms. The Labute approximate surface area is 121 Å². The molecule has 5 nitrogen and oxygen atoms in total. The molecule has 0 aliphatic heterocycles. The highest BCUT2D eigenvalue weighted by Crippen LogP contribution is 2.27. The number of hydrazine groups is 1. The van der Waals surface area contributed by atoms with Crippen molar-refractivity contribution in [1.29, 1.82) is 0 Å². The van der Waals surface area contributed by atoms with Crippen LogP contribution in [0.2, 0.25) is 0 Å². The Morgan fingerprint density at radius 3 is 2.95 bits per heavy atom. The second kappa shape index (κ2) is 8.39. The number of nitrogens with one attached hydrogen (secondary N) is 1. The van der Waals surface area contributed by atoms with Crippen LogP contribution in [-0.4, -0.2) is 29.0 Å². The lowest BCUT2D eigenvalue weighted by molar-refractivity contribution is 0.111. The van der Waals surface area contributed by atoms with Gasteiger partial charge in [0.25, 0.3) is 0 Å². The molecule has 114 valence electrons. The van der Waals surface area contributed by atoms with Crippen LogP contribution in [0.25, 0.3) is 0 Å². The number of hydrogen-bond donors (Lipinski definition) is 2. The normalized spacial score (nSPS) is 18.3. The van der Waals surface area contributed by atoms with Gasteiger partial charge in [0, 0.05) is 19.2 Å². The Bertz CT molecular complexity index is 374. The molecule has 5 heteroatoms. The van der Waals surface area contributed by atoms with Crippen molar-refractivity contribution in [3.8, 4) is 0 Å². The summed E-state index contributed by atoms with van der Waals surface area (Å²) in [4.78, 5) is 0. The van der Waals surface area contributed by atoms with Crippen molar-refractivity contribution >= 4 is 0 Å². The summed E-state index contributed by atoms with van der Waals surface area (Å²) in [6, 6.07) is 2.84. The number of hydrogen-bond acceptors (Lipinski definition) is 4. The first-order valence-electron chi connectivity index (χ1n) is 7.91. The van der Waals surface area contributed by atoms with Crippen molar-refractivity contribution in [3.05, 3.63) is 18.0 Å². The highest BCUT2D eigenvalue weighted by Gasteiger charge is 2.17. The third kappa shape index (κ3) is 4.58. The van der Waals surface area contributed by atoms with Crippen molar-refractivity contribution < 1.29 is 4.74 Å². The van der Waals surface area contributed by atoms with Crippen LogP contribution in [0, 0.1) is 0 Å². The molecule has 0 bridgehead atoms. The molecular formula is C15H28N4O. The van der Waals surface area contributed by atoms with E-state index in [9.17, 15) is 0 Å². The first-order valence-corrected chi connectivity index (χ1v) is 7.91. The Morgan fingerprint density at radius 1 is 1.45 bits per heavy atom. The summed E-state index contributed by atoms with van der Waals surface area (Å²) in [5, 5.41) is 4.72. The van der Waals surface area contributed by atoms with Crippen LogP contribution in [0.4, 0.5) is 0 Å². The molecule has 0 saturated heterocycles. The number of nitrogens with zero attached hydrogens (tertiary/aromatic N) is 2. The summed E-state index contributed by atoms with van der Waals surface area (Å²) in [6.45, 7) is 3.53. The Morgan fingerprint density at radius 2 is 2.25 bits per heavy atom. The van der Waals surface area contributed by atoms with Crippen molar-refractivity contribution in [2.24, 2.45) is 5.84 Å². The largest absolute Gasteiger partial charge is 0.380 e. The van der Waals surface area contributed by atoms with Gasteiger partial charge in [-0.05, 0) is 25.3 Å². The molecule has 1 atom stereocenters. The quantitative estimate of drug-likeness (QED) is 0.435. The molecule has 1 aromatic heterocycles. The van der Waals surface area contributed by atoms with E-state index in [2.05, 4.69) is 29.3 Å². The summed E-state index contributed by atoms with van der Waals surface area (Å²) < 4.78 is 7.70.